The number of benzene rings is 3. The molecule has 3 aromatic carbocycles. The Kier molecular flexibility index (Phi) is 5.66. The van der Waals surface area contributed by atoms with Crippen LogP contribution in [0, 0.1) is 0 Å². The molecule has 0 atom stereocenters. The maximum atomic E-state index is 12.9. The lowest BCUT2D eigenvalue weighted by Crippen LogP contribution is -2.18. The van der Waals surface area contributed by atoms with E-state index in [1.165, 1.54) is 18.3 Å². The lowest BCUT2D eigenvalue weighted by molar-refractivity contribution is 0.0696. The second-order valence-corrected chi connectivity index (χ2v) is 6.66. The minimum atomic E-state index is -0.999. The molecule has 0 fully saturated rings. The van der Waals surface area contributed by atoms with Crippen LogP contribution in [-0.2, 0) is 0 Å². The largest absolute Gasteiger partial charge is 0.478 e. The van der Waals surface area contributed by atoms with Gasteiger partial charge in [0, 0.05) is 11.8 Å². The fraction of sp³-hybridized carbons (Fsp3) is 0. The van der Waals surface area contributed by atoms with Gasteiger partial charge < -0.3 is 5.11 Å². The molecule has 4 rings (SSSR count). The summed E-state index contributed by atoms with van der Waals surface area (Å²) in [6.07, 6.45) is 3.12. The highest BCUT2D eigenvalue weighted by Gasteiger charge is 2.18. The van der Waals surface area contributed by atoms with Crippen molar-refractivity contribution in [2.45, 2.75) is 0 Å². The number of carbonyl (C=O) groups excluding carboxylic acids is 1. The van der Waals surface area contributed by atoms with Crippen molar-refractivity contribution in [1.29, 1.82) is 0 Å². The van der Waals surface area contributed by atoms with Gasteiger partial charge in [-0.05, 0) is 29.8 Å². The van der Waals surface area contributed by atoms with Gasteiger partial charge in [0.15, 0.2) is 0 Å². The Hall–Kier alpha value is -4.52. The van der Waals surface area contributed by atoms with Gasteiger partial charge in [0.1, 0.15) is 5.69 Å². The van der Waals surface area contributed by atoms with Crippen LogP contribution in [0.4, 0.5) is 0 Å². The third-order valence-electron chi connectivity index (χ3n) is 4.56. The molecule has 1 heterocycles. The standard InChI is InChI=1S/C24H18N4O3/c29-23(26-25-15-17-11-13-19(14-12-17)24(30)31)21-16-28(20-9-5-2-6-10-20)27-22(21)18-7-3-1-4-8-18/h1-16H,(H,26,29)(H,30,31). The Morgan fingerprint density at radius 1 is 0.903 bits per heavy atom. The van der Waals surface area contributed by atoms with Crippen molar-refractivity contribution in [1.82, 2.24) is 15.2 Å². The van der Waals surface area contributed by atoms with E-state index in [2.05, 4.69) is 15.6 Å². The minimum Gasteiger partial charge on any atom is -0.478 e. The molecule has 0 unspecified atom stereocenters. The van der Waals surface area contributed by atoms with Crippen molar-refractivity contribution in [3.05, 3.63) is 108 Å². The number of hydrogen-bond acceptors (Lipinski definition) is 4. The van der Waals surface area contributed by atoms with Crippen LogP contribution in [-0.4, -0.2) is 33.0 Å². The number of amides is 1. The van der Waals surface area contributed by atoms with Crippen molar-refractivity contribution in [3.63, 3.8) is 0 Å². The molecule has 0 saturated carbocycles. The number of rotatable bonds is 6. The SMILES string of the molecule is O=C(O)c1ccc(C=NNC(=O)c2cn(-c3ccccc3)nc2-c2ccccc2)cc1. The van der Waals surface area contributed by atoms with E-state index in [1.54, 1.807) is 23.0 Å². The van der Waals surface area contributed by atoms with E-state index in [9.17, 15) is 9.59 Å². The van der Waals surface area contributed by atoms with E-state index in [0.717, 1.165) is 11.3 Å². The van der Waals surface area contributed by atoms with Gasteiger partial charge in [-0.1, -0.05) is 60.7 Å². The summed E-state index contributed by atoms with van der Waals surface area (Å²) < 4.78 is 1.66. The molecule has 2 N–H and O–H groups in total. The van der Waals surface area contributed by atoms with Gasteiger partial charge in [-0.15, -0.1) is 0 Å². The summed E-state index contributed by atoms with van der Waals surface area (Å²) in [6, 6.07) is 25.2. The molecule has 1 aromatic heterocycles. The fourth-order valence-corrected chi connectivity index (χ4v) is 3.00. The number of para-hydroxylation sites is 1. The average Bonchev–Trinajstić information content (AvgIpc) is 3.26. The molecule has 7 nitrogen and oxygen atoms in total. The zero-order valence-corrected chi connectivity index (χ0v) is 16.3. The first-order chi connectivity index (χ1) is 15.1. The smallest absolute Gasteiger partial charge is 0.335 e. The summed E-state index contributed by atoms with van der Waals surface area (Å²) >= 11 is 0. The molecule has 0 bridgehead atoms. The number of nitrogens with one attached hydrogen (secondary N) is 1. The highest BCUT2D eigenvalue weighted by atomic mass is 16.4. The van der Waals surface area contributed by atoms with Crippen LogP contribution in [0.5, 0.6) is 0 Å². The Morgan fingerprint density at radius 3 is 2.19 bits per heavy atom. The molecule has 7 heteroatoms. The van der Waals surface area contributed by atoms with Gasteiger partial charge in [0.25, 0.3) is 5.91 Å². The summed E-state index contributed by atoms with van der Waals surface area (Å²) in [5.41, 5.74) is 5.94. The van der Waals surface area contributed by atoms with Gasteiger partial charge >= 0.3 is 5.97 Å². The molecule has 4 aromatic rings. The van der Waals surface area contributed by atoms with Gasteiger partial charge in [-0.3, -0.25) is 4.79 Å². The van der Waals surface area contributed by atoms with E-state index >= 15 is 0 Å². The molecule has 0 saturated heterocycles. The van der Waals surface area contributed by atoms with Crippen molar-refractivity contribution in [3.8, 4) is 16.9 Å². The zero-order chi connectivity index (χ0) is 21.6. The lowest BCUT2D eigenvalue weighted by atomic mass is 10.1. The normalized spacial score (nSPS) is 10.8. The summed E-state index contributed by atoms with van der Waals surface area (Å²) in [7, 11) is 0. The lowest BCUT2D eigenvalue weighted by Gasteiger charge is -2.01. The first-order valence-corrected chi connectivity index (χ1v) is 9.49. The van der Waals surface area contributed by atoms with Crippen LogP contribution < -0.4 is 5.43 Å². The molecule has 0 aliphatic rings. The number of carboxylic acids is 1. The molecular weight excluding hydrogens is 392 g/mol. The molecular formula is C24H18N4O3. The third-order valence-corrected chi connectivity index (χ3v) is 4.56. The monoisotopic (exact) mass is 410 g/mol. The van der Waals surface area contributed by atoms with Gasteiger partial charge in [-0.2, -0.15) is 10.2 Å². The van der Waals surface area contributed by atoms with E-state index in [1.807, 2.05) is 60.7 Å². The Labute approximate surface area is 178 Å². The van der Waals surface area contributed by atoms with Crippen LogP contribution >= 0.6 is 0 Å². The highest BCUT2D eigenvalue weighted by molar-refractivity contribution is 6.00. The predicted octanol–water partition coefficient (Wildman–Crippen LogP) is 4.00. The van der Waals surface area contributed by atoms with Gasteiger partial charge in [0.2, 0.25) is 0 Å². The third kappa shape index (κ3) is 4.56. The van der Waals surface area contributed by atoms with Crippen molar-refractivity contribution in [2.75, 3.05) is 0 Å². The Morgan fingerprint density at radius 2 is 1.55 bits per heavy atom. The number of carbonyl (C=O) groups is 2. The van der Waals surface area contributed by atoms with E-state index in [-0.39, 0.29) is 5.56 Å². The van der Waals surface area contributed by atoms with E-state index < -0.39 is 11.9 Å². The number of carboxylic acid groups (broad SMARTS) is 1. The van der Waals surface area contributed by atoms with Crippen LogP contribution in [0.15, 0.2) is 96.2 Å². The van der Waals surface area contributed by atoms with E-state index in [4.69, 9.17) is 5.11 Å². The number of hydrazone groups is 1. The first kappa shape index (κ1) is 19.8. The van der Waals surface area contributed by atoms with Crippen molar-refractivity contribution < 1.29 is 14.7 Å². The van der Waals surface area contributed by atoms with Crippen LogP contribution in [0.3, 0.4) is 0 Å². The number of nitrogens with zero attached hydrogens (tertiary/aromatic N) is 3. The number of aromatic carboxylic acids is 1. The fourth-order valence-electron chi connectivity index (χ4n) is 3.00. The van der Waals surface area contributed by atoms with Gasteiger partial charge in [0.05, 0.1) is 23.0 Å². The quantitative estimate of drug-likeness (QED) is 0.371. The number of hydrogen-bond donors (Lipinski definition) is 2. The molecule has 1 amide bonds. The maximum absolute atomic E-state index is 12.9. The van der Waals surface area contributed by atoms with Crippen LogP contribution in [0.2, 0.25) is 0 Å². The van der Waals surface area contributed by atoms with Crippen molar-refractivity contribution in [2.24, 2.45) is 5.10 Å². The molecule has 0 aliphatic carbocycles. The summed E-state index contributed by atoms with van der Waals surface area (Å²) in [5.74, 6) is -1.40. The first-order valence-electron chi connectivity index (χ1n) is 9.49. The second kappa shape index (κ2) is 8.87. The molecule has 0 aliphatic heterocycles. The molecule has 0 spiro atoms. The summed E-state index contributed by atoms with van der Waals surface area (Å²) in [6.45, 7) is 0. The molecule has 31 heavy (non-hydrogen) atoms. The maximum Gasteiger partial charge on any atom is 0.335 e. The molecule has 0 radical (unpaired) electrons. The Balaban J connectivity index is 1.59. The van der Waals surface area contributed by atoms with E-state index in [0.29, 0.717) is 16.8 Å². The van der Waals surface area contributed by atoms with Crippen molar-refractivity contribution >= 4 is 18.1 Å². The highest BCUT2D eigenvalue weighted by Crippen LogP contribution is 2.23. The predicted molar refractivity (Wildman–Crippen MR) is 117 cm³/mol. The van der Waals surface area contributed by atoms with Crippen LogP contribution in [0.25, 0.3) is 16.9 Å². The molecule has 152 valence electrons. The topological polar surface area (TPSA) is 96.6 Å². The van der Waals surface area contributed by atoms with Gasteiger partial charge in [-0.25, -0.2) is 14.9 Å². The zero-order valence-electron chi connectivity index (χ0n) is 16.3. The summed E-state index contributed by atoms with van der Waals surface area (Å²) in [4.78, 5) is 23.8. The summed E-state index contributed by atoms with van der Waals surface area (Å²) in [5, 5.41) is 17.6. The second-order valence-electron chi connectivity index (χ2n) is 6.66. The minimum absolute atomic E-state index is 0.182. The average molecular weight is 410 g/mol. The van der Waals surface area contributed by atoms with Crippen LogP contribution in [0.1, 0.15) is 26.3 Å². The Bertz CT molecular complexity index is 1230. The number of aromatic nitrogens is 2.